The van der Waals surface area contributed by atoms with Crippen molar-refractivity contribution < 1.29 is 18.7 Å². The maximum absolute atomic E-state index is 16.0. The molecule has 3 heterocycles. The van der Waals surface area contributed by atoms with Gasteiger partial charge < -0.3 is 19.1 Å². The van der Waals surface area contributed by atoms with Gasteiger partial charge in [-0.05, 0) is 61.4 Å². The predicted molar refractivity (Wildman–Crippen MR) is 157 cm³/mol. The van der Waals surface area contributed by atoms with Gasteiger partial charge in [0.1, 0.15) is 5.69 Å². The topological polar surface area (TPSA) is 71.8 Å². The van der Waals surface area contributed by atoms with Crippen LogP contribution in [0.4, 0.5) is 10.1 Å². The van der Waals surface area contributed by atoms with Gasteiger partial charge in [0.2, 0.25) is 11.3 Å². The molecule has 0 bridgehead atoms. The lowest BCUT2D eigenvalue weighted by Gasteiger charge is -2.36. The van der Waals surface area contributed by atoms with Crippen LogP contribution < -0.4 is 15.1 Å². The number of hydrogen-bond acceptors (Lipinski definition) is 5. The molecule has 3 aromatic rings. The van der Waals surface area contributed by atoms with Gasteiger partial charge in [-0.3, -0.25) is 14.4 Å². The second-order valence-corrected chi connectivity index (χ2v) is 11.9. The smallest absolute Gasteiger partial charge is 0.219 e. The van der Waals surface area contributed by atoms with E-state index in [1.807, 2.05) is 38.6 Å². The molecule has 208 valence electrons. The van der Waals surface area contributed by atoms with Crippen molar-refractivity contribution in [1.82, 2.24) is 9.47 Å². The first kappa shape index (κ1) is 26.7. The third-order valence-electron chi connectivity index (χ3n) is 8.41. The normalized spacial score (nSPS) is 20.8. The molecule has 0 spiro atoms. The summed E-state index contributed by atoms with van der Waals surface area (Å²) >= 11 is 3.40. The Kier molecular flexibility index (Phi) is 7.02. The lowest BCUT2D eigenvalue weighted by molar-refractivity contribution is -0.132. The average Bonchev–Trinajstić information content (AvgIpc) is 3.69. The van der Waals surface area contributed by atoms with Gasteiger partial charge in [-0.25, -0.2) is 4.39 Å². The minimum atomic E-state index is -0.563. The summed E-state index contributed by atoms with van der Waals surface area (Å²) < 4.78 is 24.7. The highest BCUT2D eigenvalue weighted by Gasteiger charge is 2.42. The number of carbonyl (C=O) groups is 2. The zero-order valence-corrected chi connectivity index (χ0v) is 24.1. The van der Waals surface area contributed by atoms with E-state index in [9.17, 15) is 14.4 Å². The van der Waals surface area contributed by atoms with E-state index in [0.717, 1.165) is 42.3 Å². The summed E-state index contributed by atoms with van der Waals surface area (Å²) in [5.41, 5.74) is 1.14. The molecule has 2 atom stereocenters. The molecule has 1 aliphatic carbocycles. The van der Waals surface area contributed by atoms with Crippen molar-refractivity contribution >= 4 is 50.3 Å². The average molecular weight is 609 g/mol. The van der Waals surface area contributed by atoms with E-state index >= 15 is 4.39 Å². The minimum absolute atomic E-state index is 0.00579. The maximum Gasteiger partial charge on any atom is 0.219 e. The van der Waals surface area contributed by atoms with Crippen LogP contribution in [-0.2, 0) is 4.79 Å². The molecule has 2 unspecified atom stereocenters. The SMILES string of the molecule is COc1c(N2CC3CCCN(C(C)=O)C3C2)c(F)cc2c(=O)c(C(=O)C=Cc3ccc(Br)cc3)cn(C3CC3)c12. The fourth-order valence-electron chi connectivity index (χ4n) is 6.34. The zero-order chi connectivity index (χ0) is 28.1. The number of piperidine rings is 1. The van der Waals surface area contributed by atoms with Crippen molar-refractivity contribution in [2.45, 2.75) is 44.7 Å². The number of nitrogens with zero attached hydrogens (tertiary/aromatic N) is 3. The van der Waals surface area contributed by atoms with Gasteiger partial charge >= 0.3 is 0 Å². The highest BCUT2D eigenvalue weighted by Crippen LogP contribution is 2.45. The molecule has 9 heteroatoms. The third-order valence-corrected chi connectivity index (χ3v) is 8.94. The zero-order valence-electron chi connectivity index (χ0n) is 22.5. The summed E-state index contributed by atoms with van der Waals surface area (Å²) in [5.74, 6) is -0.402. The largest absolute Gasteiger partial charge is 0.492 e. The number of allylic oxidation sites excluding steroid dienone is 1. The van der Waals surface area contributed by atoms with E-state index in [-0.39, 0.29) is 34.9 Å². The van der Waals surface area contributed by atoms with Crippen LogP contribution >= 0.6 is 15.9 Å². The Morgan fingerprint density at radius 3 is 2.55 bits per heavy atom. The number of pyridine rings is 1. The number of anilines is 1. The molecule has 2 aromatic carbocycles. The molecular weight excluding hydrogens is 577 g/mol. The van der Waals surface area contributed by atoms with E-state index in [4.69, 9.17) is 4.74 Å². The first-order chi connectivity index (χ1) is 19.3. The van der Waals surface area contributed by atoms with Crippen LogP contribution in [0, 0.1) is 11.7 Å². The van der Waals surface area contributed by atoms with Crippen LogP contribution in [0.2, 0.25) is 0 Å². The van der Waals surface area contributed by atoms with Crippen molar-refractivity contribution in [2.24, 2.45) is 5.92 Å². The Morgan fingerprint density at radius 1 is 1.12 bits per heavy atom. The number of amides is 1. The number of ketones is 1. The van der Waals surface area contributed by atoms with Crippen LogP contribution in [0.15, 0.2) is 51.9 Å². The van der Waals surface area contributed by atoms with Crippen LogP contribution in [0.25, 0.3) is 17.0 Å². The lowest BCUT2D eigenvalue weighted by Crippen LogP contribution is -2.47. The molecule has 1 saturated carbocycles. The number of aromatic nitrogens is 1. The van der Waals surface area contributed by atoms with Gasteiger partial charge in [-0.15, -0.1) is 0 Å². The Bertz CT molecular complexity index is 1600. The van der Waals surface area contributed by atoms with E-state index in [2.05, 4.69) is 15.9 Å². The fourth-order valence-corrected chi connectivity index (χ4v) is 6.60. The molecule has 0 radical (unpaired) electrons. The third kappa shape index (κ3) is 4.74. The summed E-state index contributed by atoms with van der Waals surface area (Å²) in [4.78, 5) is 43.0. The van der Waals surface area contributed by atoms with E-state index < -0.39 is 17.0 Å². The van der Waals surface area contributed by atoms with Crippen molar-refractivity contribution in [2.75, 3.05) is 31.6 Å². The van der Waals surface area contributed by atoms with Crippen molar-refractivity contribution in [1.29, 1.82) is 0 Å². The number of benzene rings is 2. The highest BCUT2D eigenvalue weighted by atomic mass is 79.9. The summed E-state index contributed by atoms with van der Waals surface area (Å²) in [6.45, 7) is 3.42. The maximum atomic E-state index is 16.0. The summed E-state index contributed by atoms with van der Waals surface area (Å²) in [5, 5.41) is 0.134. The van der Waals surface area contributed by atoms with Gasteiger partial charge in [0.25, 0.3) is 0 Å². The fraction of sp³-hybridized carbons (Fsp3) is 0.387. The first-order valence-electron chi connectivity index (χ1n) is 13.7. The molecule has 1 aromatic heterocycles. The minimum Gasteiger partial charge on any atom is -0.492 e. The molecule has 40 heavy (non-hydrogen) atoms. The lowest BCUT2D eigenvalue weighted by atomic mass is 9.92. The van der Waals surface area contributed by atoms with E-state index in [0.29, 0.717) is 30.0 Å². The van der Waals surface area contributed by atoms with E-state index in [1.165, 1.54) is 19.3 Å². The number of ether oxygens (including phenoxy) is 1. The van der Waals surface area contributed by atoms with Crippen LogP contribution in [0.1, 0.15) is 54.6 Å². The summed E-state index contributed by atoms with van der Waals surface area (Å²) in [7, 11) is 1.49. The molecule has 0 N–H and O–H groups in total. The van der Waals surface area contributed by atoms with Gasteiger partial charge in [-0.2, -0.15) is 0 Å². The van der Waals surface area contributed by atoms with Crippen molar-refractivity contribution in [3.8, 4) is 5.75 Å². The molecule has 1 amide bonds. The Balaban J connectivity index is 1.43. The Hall–Kier alpha value is -3.46. The number of hydrogen-bond donors (Lipinski definition) is 0. The van der Waals surface area contributed by atoms with Crippen LogP contribution in [0.5, 0.6) is 5.75 Å². The monoisotopic (exact) mass is 607 g/mol. The second kappa shape index (κ2) is 10.5. The van der Waals surface area contributed by atoms with Gasteiger partial charge in [0, 0.05) is 43.3 Å². The number of methoxy groups -OCH3 is 1. The molecule has 2 aliphatic heterocycles. The van der Waals surface area contributed by atoms with Crippen molar-refractivity contribution in [3.63, 3.8) is 0 Å². The van der Waals surface area contributed by atoms with Gasteiger partial charge in [-0.1, -0.05) is 34.1 Å². The Morgan fingerprint density at radius 2 is 1.88 bits per heavy atom. The van der Waals surface area contributed by atoms with Crippen molar-refractivity contribution in [3.05, 3.63) is 74.2 Å². The molecule has 6 rings (SSSR count). The number of fused-ring (bicyclic) bond motifs is 2. The Labute approximate surface area is 240 Å². The molecule has 3 fully saturated rings. The number of likely N-dealkylation sites (tertiary alicyclic amines) is 1. The highest BCUT2D eigenvalue weighted by molar-refractivity contribution is 9.10. The van der Waals surface area contributed by atoms with Crippen LogP contribution in [-0.4, -0.2) is 53.9 Å². The quantitative estimate of drug-likeness (QED) is 0.270. The first-order valence-corrected chi connectivity index (χ1v) is 14.5. The van der Waals surface area contributed by atoms with Gasteiger partial charge in [0.15, 0.2) is 17.3 Å². The number of halogens is 2. The number of rotatable bonds is 6. The molecule has 7 nitrogen and oxygen atoms in total. The summed E-state index contributed by atoms with van der Waals surface area (Å²) in [6.07, 6.45) is 8.38. The molecule has 3 aliphatic rings. The molecule has 2 saturated heterocycles. The van der Waals surface area contributed by atoms with Gasteiger partial charge in [0.05, 0.1) is 29.6 Å². The summed E-state index contributed by atoms with van der Waals surface area (Å²) in [6, 6.07) is 8.86. The standard InChI is InChI=1S/C31H31BrFN3O4/c1-18(37)35-13-3-4-20-15-34(17-26(20)35)29-25(33)14-23-28(31(29)40-2)36(22-10-11-22)16-24(30(23)39)27(38)12-7-19-5-8-21(32)9-6-19/h5-9,12,14,16,20,22,26H,3-4,10-11,13,15,17H2,1-2H3. The molecular formula is C31H31BrFN3O4. The van der Waals surface area contributed by atoms with E-state index in [1.54, 1.807) is 19.2 Å². The van der Waals surface area contributed by atoms with Crippen LogP contribution in [0.3, 0.4) is 0 Å². The number of carbonyl (C=O) groups excluding carboxylic acids is 2. The predicted octanol–water partition coefficient (Wildman–Crippen LogP) is 5.59. The second-order valence-electron chi connectivity index (χ2n) is 11.0.